The number of nitrogens with one attached hydrogen (secondary N) is 1. The van der Waals surface area contributed by atoms with Crippen molar-refractivity contribution in [3.05, 3.63) is 35.9 Å². The third-order valence-corrected chi connectivity index (χ3v) is 3.01. The zero-order valence-electron chi connectivity index (χ0n) is 13.1. The van der Waals surface area contributed by atoms with Crippen LogP contribution >= 0.6 is 0 Å². The summed E-state index contributed by atoms with van der Waals surface area (Å²) in [5, 5.41) is 2.78. The molecular weight excluding hydrogens is 266 g/mol. The Bertz CT molecular complexity index is 466. The maximum Gasteiger partial charge on any atom is 0.221 e. The third-order valence-electron chi connectivity index (χ3n) is 3.01. The Morgan fingerprint density at radius 2 is 1.86 bits per heavy atom. The fourth-order valence-electron chi connectivity index (χ4n) is 1.80. The van der Waals surface area contributed by atoms with Gasteiger partial charge >= 0.3 is 0 Å². The minimum absolute atomic E-state index is 0.0363. The average molecular weight is 291 g/mol. The van der Waals surface area contributed by atoms with Gasteiger partial charge in [0.25, 0.3) is 0 Å². The average Bonchev–Trinajstić information content (AvgIpc) is 2.41. The summed E-state index contributed by atoms with van der Waals surface area (Å²) in [6.45, 7) is 6.57. The normalized spacial score (nSPS) is 11.0. The van der Waals surface area contributed by atoms with Gasteiger partial charge in [-0.1, -0.05) is 30.3 Å². The van der Waals surface area contributed by atoms with Crippen LogP contribution in [0.1, 0.15) is 32.8 Å². The molecule has 116 valence electrons. The first-order valence-electron chi connectivity index (χ1n) is 7.13. The highest BCUT2D eigenvalue weighted by atomic mass is 16.2. The van der Waals surface area contributed by atoms with Crippen LogP contribution < -0.4 is 11.1 Å². The standard InChI is InChI=1S/C16H25N3O2/c1-13(20)19(11-14-7-5-4-6-8-14)10-9-15(21)18-12-16(2,3)17/h4-8H,9-12,17H2,1-3H3,(H,18,21). The minimum atomic E-state index is -0.431. The van der Waals surface area contributed by atoms with E-state index in [2.05, 4.69) is 5.32 Å². The van der Waals surface area contributed by atoms with Crippen molar-refractivity contribution < 1.29 is 9.59 Å². The molecule has 21 heavy (non-hydrogen) atoms. The molecule has 3 N–H and O–H groups in total. The SMILES string of the molecule is CC(=O)N(CCC(=O)NCC(C)(C)N)Cc1ccccc1. The van der Waals surface area contributed by atoms with Gasteiger partial charge in [-0.2, -0.15) is 0 Å². The molecule has 1 aromatic carbocycles. The van der Waals surface area contributed by atoms with Crippen LogP contribution in [0.2, 0.25) is 0 Å². The molecule has 0 spiro atoms. The van der Waals surface area contributed by atoms with Crippen molar-refractivity contribution in [3.63, 3.8) is 0 Å². The summed E-state index contributed by atoms with van der Waals surface area (Å²) in [5.74, 6) is -0.126. The van der Waals surface area contributed by atoms with E-state index in [0.717, 1.165) is 5.56 Å². The Morgan fingerprint density at radius 1 is 1.24 bits per heavy atom. The summed E-state index contributed by atoms with van der Waals surface area (Å²) in [6.07, 6.45) is 0.280. The Labute approximate surface area is 126 Å². The lowest BCUT2D eigenvalue weighted by Crippen LogP contribution is -2.45. The zero-order chi connectivity index (χ0) is 15.9. The predicted molar refractivity (Wildman–Crippen MR) is 83.4 cm³/mol. The lowest BCUT2D eigenvalue weighted by atomic mass is 10.1. The number of nitrogens with zero attached hydrogens (tertiary/aromatic N) is 1. The molecule has 0 radical (unpaired) electrons. The number of hydrogen-bond acceptors (Lipinski definition) is 3. The van der Waals surface area contributed by atoms with Crippen molar-refractivity contribution in [1.82, 2.24) is 10.2 Å². The molecule has 0 unspecified atom stereocenters. The number of amides is 2. The van der Waals surface area contributed by atoms with Crippen LogP contribution in [-0.4, -0.2) is 35.3 Å². The van der Waals surface area contributed by atoms with Crippen molar-refractivity contribution >= 4 is 11.8 Å². The van der Waals surface area contributed by atoms with Gasteiger partial charge in [0.2, 0.25) is 11.8 Å². The van der Waals surface area contributed by atoms with Crippen molar-refractivity contribution in [1.29, 1.82) is 0 Å². The van der Waals surface area contributed by atoms with Crippen LogP contribution in [0.25, 0.3) is 0 Å². The van der Waals surface area contributed by atoms with Gasteiger partial charge in [0.1, 0.15) is 0 Å². The molecule has 0 aliphatic rings. The number of hydrogen-bond donors (Lipinski definition) is 2. The first-order chi connectivity index (χ1) is 9.78. The van der Waals surface area contributed by atoms with Crippen LogP contribution in [0.5, 0.6) is 0 Å². The zero-order valence-corrected chi connectivity index (χ0v) is 13.1. The number of nitrogens with two attached hydrogens (primary N) is 1. The molecule has 1 rings (SSSR count). The predicted octanol–water partition coefficient (Wildman–Crippen LogP) is 1.28. The third kappa shape index (κ3) is 7.46. The van der Waals surface area contributed by atoms with Gasteiger partial charge in [-0.25, -0.2) is 0 Å². The van der Waals surface area contributed by atoms with Crippen molar-refractivity contribution in [3.8, 4) is 0 Å². The largest absolute Gasteiger partial charge is 0.354 e. The maximum absolute atomic E-state index is 11.8. The van der Waals surface area contributed by atoms with Gasteiger partial charge in [0, 0.05) is 38.5 Å². The van der Waals surface area contributed by atoms with Crippen LogP contribution in [0.15, 0.2) is 30.3 Å². The monoisotopic (exact) mass is 291 g/mol. The Kier molecular flexibility index (Phi) is 6.37. The molecule has 2 amide bonds. The van der Waals surface area contributed by atoms with Crippen LogP contribution in [0, 0.1) is 0 Å². The molecule has 0 heterocycles. The molecule has 0 saturated heterocycles. The van der Waals surface area contributed by atoms with Gasteiger partial charge in [-0.05, 0) is 19.4 Å². The summed E-state index contributed by atoms with van der Waals surface area (Å²) in [4.78, 5) is 25.1. The highest BCUT2D eigenvalue weighted by Crippen LogP contribution is 2.05. The van der Waals surface area contributed by atoms with E-state index >= 15 is 0 Å². The number of carbonyl (C=O) groups is 2. The first kappa shape index (κ1) is 17.2. The van der Waals surface area contributed by atoms with E-state index in [1.807, 2.05) is 44.2 Å². The molecule has 0 aromatic heterocycles. The second-order valence-electron chi connectivity index (χ2n) is 5.94. The highest BCUT2D eigenvalue weighted by Gasteiger charge is 2.14. The van der Waals surface area contributed by atoms with E-state index in [0.29, 0.717) is 19.6 Å². The van der Waals surface area contributed by atoms with Crippen molar-refractivity contribution in [2.75, 3.05) is 13.1 Å². The van der Waals surface area contributed by atoms with Crippen LogP contribution in [-0.2, 0) is 16.1 Å². The molecule has 0 aliphatic heterocycles. The minimum Gasteiger partial charge on any atom is -0.354 e. The molecule has 0 aliphatic carbocycles. The molecule has 0 atom stereocenters. The van der Waals surface area contributed by atoms with Gasteiger partial charge < -0.3 is 16.0 Å². The number of rotatable bonds is 7. The lowest BCUT2D eigenvalue weighted by molar-refractivity contribution is -0.130. The summed E-state index contributed by atoms with van der Waals surface area (Å²) in [5.41, 5.74) is 6.43. The first-order valence-corrected chi connectivity index (χ1v) is 7.13. The number of carbonyl (C=O) groups excluding carboxylic acids is 2. The fraction of sp³-hybridized carbons (Fsp3) is 0.500. The van der Waals surface area contributed by atoms with E-state index < -0.39 is 5.54 Å². The van der Waals surface area contributed by atoms with Crippen molar-refractivity contribution in [2.45, 2.75) is 39.3 Å². The van der Waals surface area contributed by atoms with Gasteiger partial charge in [0.15, 0.2) is 0 Å². The van der Waals surface area contributed by atoms with E-state index in [1.165, 1.54) is 6.92 Å². The molecule has 0 saturated carbocycles. The second-order valence-corrected chi connectivity index (χ2v) is 5.94. The summed E-state index contributed by atoms with van der Waals surface area (Å²) in [7, 11) is 0. The molecular formula is C16H25N3O2. The smallest absolute Gasteiger partial charge is 0.221 e. The number of benzene rings is 1. The van der Waals surface area contributed by atoms with E-state index in [-0.39, 0.29) is 18.2 Å². The van der Waals surface area contributed by atoms with Gasteiger partial charge in [-0.3, -0.25) is 9.59 Å². The molecule has 5 heteroatoms. The molecule has 0 bridgehead atoms. The van der Waals surface area contributed by atoms with E-state index in [1.54, 1.807) is 4.90 Å². The Balaban J connectivity index is 2.45. The summed E-state index contributed by atoms with van der Waals surface area (Å²) >= 11 is 0. The van der Waals surface area contributed by atoms with E-state index in [4.69, 9.17) is 5.73 Å². The van der Waals surface area contributed by atoms with Crippen molar-refractivity contribution in [2.24, 2.45) is 5.73 Å². The van der Waals surface area contributed by atoms with Crippen LogP contribution in [0.4, 0.5) is 0 Å². The van der Waals surface area contributed by atoms with Gasteiger partial charge in [-0.15, -0.1) is 0 Å². The molecule has 1 aromatic rings. The fourth-order valence-corrected chi connectivity index (χ4v) is 1.80. The quantitative estimate of drug-likeness (QED) is 0.794. The lowest BCUT2D eigenvalue weighted by Gasteiger charge is -2.22. The maximum atomic E-state index is 11.8. The van der Waals surface area contributed by atoms with Gasteiger partial charge in [0.05, 0.1) is 0 Å². The Hall–Kier alpha value is -1.88. The molecule has 0 fully saturated rings. The second kappa shape index (κ2) is 7.78. The Morgan fingerprint density at radius 3 is 2.38 bits per heavy atom. The topological polar surface area (TPSA) is 75.4 Å². The summed E-state index contributed by atoms with van der Waals surface area (Å²) < 4.78 is 0. The summed E-state index contributed by atoms with van der Waals surface area (Å²) in [6, 6.07) is 9.73. The molecule has 5 nitrogen and oxygen atoms in total. The highest BCUT2D eigenvalue weighted by molar-refractivity contribution is 5.78. The van der Waals surface area contributed by atoms with Crippen LogP contribution in [0.3, 0.4) is 0 Å². The van der Waals surface area contributed by atoms with E-state index in [9.17, 15) is 9.59 Å².